The van der Waals surface area contributed by atoms with E-state index < -0.39 is 0 Å². The maximum atomic E-state index is 11.0. The predicted molar refractivity (Wildman–Crippen MR) is 69.5 cm³/mol. The standard InChI is InChI=1S/C14H13NO3/c1-8-5-10(6-9(2)14(8)18)15-12-4-3-11(16)7-13(12)17/h3-7,17-18H,1-2H3. The minimum absolute atomic E-state index is 0.147. The van der Waals surface area contributed by atoms with E-state index in [-0.39, 0.29) is 17.3 Å². The van der Waals surface area contributed by atoms with Crippen LogP contribution in [0.2, 0.25) is 0 Å². The molecule has 4 nitrogen and oxygen atoms in total. The zero-order valence-corrected chi connectivity index (χ0v) is 10.1. The number of ketones is 1. The number of carbonyl (C=O) groups is 1. The molecule has 0 heterocycles. The van der Waals surface area contributed by atoms with Gasteiger partial charge in [0.05, 0.1) is 5.69 Å². The number of aliphatic hydroxyl groups is 1. The highest BCUT2D eigenvalue weighted by Gasteiger charge is 2.10. The summed E-state index contributed by atoms with van der Waals surface area (Å²) in [7, 11) is 0. The van der Waals surface area contributed by atoms with E-state index >= 15 is 0 Å². The molecule has 0 spiro atoms. The number of aliphatic imine (C=N–C) groups is 1. The van der Waals surface area contributed by atoms with Crippen LogP contribution in [0, 0.1) is 13.8 Å². The Balaban J connectivity index is 2.43. The molecule has 0 atom stereocenters. The van der Waals surface area contributed by atoms with Gasteiger partial charge in [-0.1, -0.05) is 0 Å². The number of hydrogen-bond donors (Lipinski definition) is 2. The lowest BCUT2D eigenvalue weighted by Crippen LogP contribution is -2.06. The monoisotopic (exact) mass is 243 g/mol. The first kappa shape index (κ1) is 12.1. The molecular formula is C14H13NO3. The third-order valence-electron chi connectivity index (χ3n) is 2.67. The molecule has 4 heteroatoms. The minimum atomic E-state index is -0.260. The van der Waals surface area contributed by atoms with Crippen LogP contribution in [-0.4, -0.2) is 21.7 Å². The zero-order chi connectivity index (χ0) is 13.3. The van der Waals surface area contributed by atoms with Crippen LogP contribution in [0.3, 0.4) is 0 Å². The fourth-order valence-electron chi connectivity index (χ4n) is 1.73. The van der Waals surface area contributed by atoms with Gasteiger partial charge in [-0.05, 0) is 49.3 Å². The Hall–Kier alpha value is -2.36. The molecule has 1 aromatic carbocycles. The van der Waals surface area contributed by atoms with Crippen LogP contribution >= 0.6 is 0 Å². The molecule has 0 saturated heterocycles. The second kappa shape index (κ2) is 4.49. The topological polar surface area (TPSA) is 69.9 Å². The summed E-state index contributed by atoms with van der Waals surface area (Å²) in [5, 5.41) is 19.3. The van der Waals surface area contributed by atoms with E-state index in [1.807, 2.05) is 0 Å². The van der Waals surface area contributed by atoms with Crippen molar-refractivity contribution in [3.05, 3.63) is 47.2 Å². The highest BCUT2D eigenvalue weighted by atomic mass is 16.3. The minimum Gasteiger partial charge on any atom is -0.507 e. The van der Waals surface area contributed by atoms with Crippen molar-refractivity contribution in [2.45, 2.75) is 13.8 Å². The first-order chi connectivity index (χ1) is 8.47. The van der Waals surface area contributed by atoms with Crippen molar-refractivity contribution in [1.82, 2.24) is 0 Å². The fraction of sp³-hybridized carbons (Fsp3) is 0.143. The third kappa shape index (κ3) is 2.32. The summed E-state index contributed by atoms with van der Waals surface area (Å²) in [6.07, 6.45) is 3.94. The van der Waals surface area contributed by atoms with Crippen molar-refractivity contribution in [1.29, 1.82) is 0 Å². The number of phenols is 1. The van der Waals surface area contributed by atoms with Crippen molar-refractivity contribution in [2.75, 3.05) is 0 Å². The summed E-state index contributed by atoms with van der Waals surface area (Å²) in [5.41, 5.74) is 2.39. The van der Waals surface area contributed by atoms with Gasteiger partial charge in [-0.3, -0.25) is 4.79 Å². The summed E-state index contributed by atoms with van der Waals surface area (Å²) in [5.74, 6) is -0.163. The Morgan fingerprint density at radius 2 is 1.67 bits per heavy atom. The summed E-state index contributed by atoms with van der Waals surface area (Å²) in [6, 6.07) is 3.43. The number of phenolic OH excluding ortho intramolecular Hbond substituents is 1. The van der Waals surface area contributed by atoms with Crippen molar-refractivity contribution in [3.63, 3.8) is 0 Å². The van der Waals surface area contributed by atoms with Crippen molar-refractivity contribution >= 4 is 17.2 Å². The van der Waals surface area contributed by atoms with E-state index in [0.717, 1.165) is 6.08 Å². The number of hydrogen-bond acceptors (Lipinski definition) is 4. The van der Waals surface area contributed by atoms with Gasteiger partial charge in [0.25, 0.3) is 0 Å². The highest BCUT2D eigenvalue weighted by molar-refractivity contribution is 6.19. The zero-order valence-electron chi connectivity index (χ0n) is 10.1. The number of aromatic hydroxyl groups is 1. The van der Waals surface area contributed by atoms with Crippen LogP contribution < -0.4 is 0 Å². The van der Waals surface area contributed by atoms with Crippen molar-refractivity contribution < 1.29 is 15.0 Å². The molecule has 0 aliphatic heterocycles. The Kier molecular flexibility index (Phi) is 3.02. The van der Waals surface area contributed by atoms with Crippen LogP contribution in [0.4, 0.5) is 5.69 Å². The average Bonchev–Trinajstić information content (AvgIpc) is 2.29. The van der Waals surface area contributed by atoms with Gasteiger partial charge in [-0.2, -0.15) is 0 Å². The maximum absolute atomic E-state index is 11.0. The molecule has 0 unspecified atom stereocenters. The molecule has 1 aromatic rings. The summed E-state index contributed by atoms with van der Waals surface area (Å²) >= 11 is 0. The number of allylic oxidation sites excluding steroid dienone is 3. The van der Waals surface area contributed by atoms with E-state index in [9.17, 15) is 15.0 Å². The lowest BCUT2D eigenvalue weighted by Gasteiger charge is -2.07. The molecule has 1 aliphatic carbocycles. The molecular weight excluding hydrogens is 230 g/mol. The van der Waals surface area contributed by atoms with E-state index in [4.69, 9.17) is 0 Å². The van der Waals surface area contributed by atoms with Gasteiger partial charge in [-0.15, -0.1) is 0 Å². The molecule has 0 radical (unpaired) electrons. The van der Waals surface area contributed by atoms with Gasteiger partial charge in [-0.25, -0.2) is 4.99 Å². The van der Waals surface area contributed by atoms with Crippen molar-refractivity contribution in [3.8, 4) is 5.75 Å². The first-order valence-electron chi connectivity index (χ1n) is 5.49. The smallest absolute Gasteiger partial charge is 0.182 e. The third-order valence-corrected chi connectivity index (χ3v) is 2.67. The van der Waals surface area contributed by atoms with Gasteiger partial charge in [0, 0.05) is 6.08 Å². The summed E-state index contributed by atoms with van der Waals surface area (Å²) < 4.78 is 0. The average molecular weight is 243 g/mol. The van der Waals surface area contributed by atoms with E-state index in [0.29, 0.717) is 22.5 Å². The van der Waals surface area contributed by atoms with Crippen LogP contribution in [0.1, 0.15) is 11.1 Å². The molecule has 0 fully saturated rings. The summed E-state index contributed by atoms with van der Waals surface area (Å²) in [6.45, 7) is 3.56. The van der Waals surface area contributed by atoms with E-state index in [1.54, 1.807) is 26.0 Å². The molecule has 0 bridgehead atoms. The molecule has 18 heavy (non-hydrogen) atoms. The molecule has 2 rings (SSSR count). The van der Waals surface area contributed by atoms with Crippen LogP contribution in [0.25, 0.3) is 0 Å². The van der Waals surface area contributed by atoms with Crippen LogP contribution in [0.15, 0.2) is 41.1 Å². The Bertz CT molecular complexity index is 586. The van der Waals surface area contributed by atoms with Crippen LogP contribution in [0.5, 0.6) is 5.75 Å². The lowest BCUT2D eigenvalue weighted by atomic mass is 10.1. The second-order valence-corrected chi connectivity index (χ2v) is 4.19. The molecule has 2 N–H and O–H groups in total. The number of aliphatic hydroxyl groups excluding tert-OH is 1. The Morgan fingerprint density at radius 1 is 1.06 bits per heavy atom. The Morgan fingerprint density at radius 3 is 2.22 bits per heavy atom. The van der Waals surface area contributed by atoms with Crippen molar-refractivity contribution in [2.24, 2.45) is 4.99 Å². The molecule has 1 aliphatic rings. The van der Waals surface area contributed by atoms with Gasteiger partial charge in [0.15, 0.2) is 5.78 Å². The number of aryl methyl sites for hydroxylation is 2. The maximum Gasteiger partial charge on any atom is 0.182 e. The normalized spacial score (nSPS) is 17.1. The van der Waals surface area contributed by atoms with Gasteiger partial charge in [0.1, 0.15) is 17.2 Å². The first-order valence-corrected chi connectivity index (χ1v) is 5.49. The lowest BCUT2D eigenvalue weighted by molar-refractivity contribution is -0.110. The quantitative estimate of drug-likeness (QED) is 0.745. The van der Waals surface area contributed by atoms with Crippen LogP contribution in [-0.2, 0) is 4.79 Å². The number of carbonyl (C=O) groups excluding carboxylic acids is 1. The molecule has 0 saturated carbocycles. The van der Waals surface area contributed by atoms with Gasteiger partial charge < -0.3 is 10.2 Å². The molecule has 92 valence electrons. The number of benzene rings is 1. The summed E-state index contributed by atoms with van der Waals surface area (Å²) in [4.78, 5) is 15.3. The van der Waals surface area contributed by atoms with E-state index in [2.05, 4.69) is 4.99 Å². The largest absolute Gasteiger partial charge is 0.507 e. The second-order valence-electron chi connectivity index (χ2n) is 4.19. The molecule has 0 amide bonds. The van der Waals surface area contributed by atoms with Gasteiger partial charge >= 0.3 is 0 Å². The fourth-order valence-corrected chi connectivity index (χ4v) is 1.73. The van der Waals surface area contributed by atoms with Gasteiger partial charge in [0.2, 0.25) is 0 Å². The number of nitrogens with zero attached hydrogens (tertiary/aromatic N) is 1. The highest BCUT2D eigenvalue weighted by Crippen LogP contribution is 2.27. The Labute approximate surface area is 105 Å². The predicted octanol–water partition coefficient (Wildman–Crippen LogP) is 2.66. The SMILES string of the molecule is Cc1cc(N=C2C=CC(=O)C=C2O)cc(C)c1O. The van der Waals surface area contributed by atoms with E-state index in [1.165, 1.54) is 12.2 Å². The molecule has 0 aromatic heterocycles. The number of rotatable bonds is 1.